The van der Waals surface area contributed by atoms with Gasteiger partial charge in [-0.1, -0.05) is 0 Å². The van der Waals surface area contributed by atoms with Gasteiger partial charge in [0.15, 0.2) is 0 Å². The molecule has 31 heavy (non-hydrogen) atoms. The maximum absolute atomic E-state index is 13.4. The van der Waals surface area contributed by atoms with E-state index in [1.54, 1.807) is 24.0 Å². The maximum Gasteiger partial charge on any atom is 0.335 e. The van der Waals surface area contributed by atoms with E-state index in [2.05, 4.69) is 4.90 Å². The molecule has 8 nitrogen and oxygen atoms in total. The second kappa shape index (κ2) is 7.90. The van der Waals surface area contributed by atoms with Crippen LogP contribution in [-0.4, -0.2) is 80.6 Å². The van der Waals surface area contributed by atoms with Crippen LogP contribution in [0, 0.1) is 5.82 Å². The Kier molecular flexibility index (Phi) is 5.55. The third-order valence-corrected chi connectivity index (χ3v) is 7.70. The molecule has 0 unspecified atom stereocenters. The first-order valence-electron chi connectivity index (χ1n) is 10.3. The first-order chi connectivity index (χ1) is 14.6. The normalized spacial score (nSPS) is 22.2. The van der Waals surface area contributed by atoms with Crippen LogP contribution >= 0.6 is 0 Å². The summed E-state index contributed by atoms with van der Waals surface area (Å²) in [6.45, 7) is 4.12. The van der Waals surface area contributed by atoms with Crippen LogP contribution in [-0.2, 0) is 24.3 Å². The van der Waals surface area contributed by atoms with Crippen molar-refractivity contribution in [3.8, 4) is 0 Å². The van der Waals surface area contributed by atoms with Crippen LogP contribution in [0.4, 0.5) is 10.1 Å². The summed E-state index contributed by atoms with van der Waals surface area (Å²) in [5.74, 6) is -1.03. The number of amides is 1. The Morgan fingerprint density at radius 1 is 1.03 bits per heavy atom. The van der Waals surface area contributed by atoms with Gasteiger partial charge in [-0.3, -0.25) is 4.79 Å². The number of hydrogen-bond donors (Lipinski definition) is 0. The Labute approximate surface area is 181 Å². The summed E-state index contributed by atoms with van der Waals surface area (Å²) in [5.41, 5.74) is 0.501. The number of benzene rings is 1. The van der Waals surface area contributed by atoms with Gasteiger partial charge in [0.05, 0.1) is 11.8 Å². The minimum Gasteiger partial charge on any atom is -0.450 e. The molecule has 0 saturated carbocycles. The van der Waals surface area contributed by atoms with Crippen LogP contribution in [0.2, 0.25) is 0 Å². The molecule has 0 aromatic heterocycles. The predicted octanol–water partition coefficient (Wildman–Crippen LogP) is 1.14. The summed E-state index contributed by atoms with van der Waals surface area (Å²) >= 11 is 0. The molecule has 1 aromatic rings. The zero-order chi connectivity index (χ0) is 22.4. The third kappa shape index (κ3) is 4.06. The van der Waals surface area contributed by atoms with Gasteiger partial charge in [-0.05, 0) is 31.2 Å². The van der Waals surface area contributed by atoms with E-state index in [-0.39, 0.29) is 37.7 Å². The van der Waals surface area contributed by atoms with Gasteiger partial charge in [-0.2, -0.15) is 0 Å². The summed E-state index contributed by atoms with van der Waals surface area (Å²) in [7, 11) is -3.34. The number of rotatable bonds is 3. The Balaban J connectivity index is 1.48. The molecule has 0 aliphatic carbocycles. The fraction of sp³-hybridized carbons (Fsp3) is 0.524. The highest BCUT2D eigenvalue weighted by atomic mass is 32.2. The van der Waals surface area contributed by atoms with Crippen molar-refractivity contribution in [1.82, 2.24) is 9.21 Å². The van der Waals surface area contributed by atoms with Crippen molar-refractivity contribution < 1.29 is 27.1 Å². The minimum atomic E-state index is -3.34. The van der Waals surface area contributed by atoms with Crippen molar-refractivity contribution in [2.45, 2.75) is 25.4 Å². The SMILES string of the molecule is CC1=C(C(=O)N2CCN(c3ccc(F)cc3)CC2)C2(CCN(S(C)(=O)=O)CC2)OC1=O. The van der Waals surface area contributed by atoms with E-state index in [1.807, 2.05) is 0 Å². The number of nitrogens with zero attached hydrogens (tertiary/aromatic N) is 3. The highest BCUT2D eigenvalue weighted by Crippen LogP contribution is 2.42. The average molecular weight is 452 g/mol. The summed E-state index contributed by atoms with van der Waals surface area (Å²) in [5, 5.41) is 0. The van der Waals surface area contributed by atoms with Crippen molar-refractivity contribution in [2.24, 2.45) is 0 Å². The molecular formula is C21H26FN3O5S. The molecular weight excluding hydrogens is 425 g/mol. The lowest BCUT2D eigenvalue weighted by atomic mass is 9.83. The molecule has 0 N–H and O–H groups in total. The second-order valence-electron chi connectivity index (χ2n) is 8.30. The van der Waals surface area contributed by atoms with Crippen LogP contribution < -0.4 is 4.90 Å². The smallest absolute Gasteiger partial charge is 0.335 e. The molecule has 0 bridgehead atoms. The quantitative estimate of drug-likeness (QED) is 0.641. The Morgan fingerprint density at radius 3 is 2.16 bits per heavy atom. The van der Waals surface area contributed by atoms with Gasteiger partial charge in [0.1, 0.15) is 11.4 Å². The molecule has 0 atom stereocenters. The maximum atomic E-state index is 13.4. The van der Waals surface area contributed by atoms with Crippen LogP contribution in [0.1, 0.15) is 19.8 Å². The number of halogens is 1. The van der Waals surface area contributed by atoms with Crippen LogP contribution in [0.25, 0.3) is 0 Å². The molecule has 2 saturated heterocycles. The molecule has 1 aromatic carbocycles. The number of piperazine rings is 1. The van der Waals surface area contributed by atoms with Gasteiger partial charge in [0, 0.05) is 63.4 Å². The molecule has 3 aliphatic rings. The highest BCUT2D eigenvalue weighted by molar-refractivity contribution is 7.88. The largest absolute Gasteiger partial charge is 0.450 e. The number of carbonyl (C=O) groups is 2. The van der Waals surface area contributed by atoms with Gasteiger partial charge in [-0.15, -0.1) is 0 Å². The van der Waals surface area contributed by atoms with E-state index >= 15 is 0 Å². The number of piperidine rings is 1. The first kappa shape index (κ1) is 21.8. The van der Waals surface area contributed by atoms with Gasteiger partial charge in [-0.25, -0.2) is 21.9 Å². The lowest BCUT2D eigenvalue weighted by Crippen LogP contribution is -2.53. The fourth-order valence-corrected chi connectivity index (χ4v) is 5.46. The minimum absolute atomic E-state index is 0.203. The molecule has 3 heterocycles. The van der Waals surface area contributed by atoms with Crippen molar-refractivity contribution in [1.29, 1.82) is 0 Å². The summed E-state index contributed by atoms with van der Waals surface area (Å²) in [4.78, 5) is 29.6. The van der Waals surface area contributed by atoms with Gasteiger partial charge >= 0.3 is 5.97 Å². The topological polar surface area (TPSA) is 87.2 Å². The molecule has 0 radical (unpaired) electrons. The molecule has 4 rings (SSSR count). The van der Waals surface area contributed by atoms with Gasteiger partial charge in [0.25, 0.3) is 5.91 Å². The standard InChI is InChI=1S/C21H26FN3O5S/c1-15-18(21(30-20(15)27)7-9-25(10-8-21)31(2,28)29)19(26)24-13-11-23(12-14-24)17-5-3-16(22)4-6-17/h3-6H,7-14H2,1-2H3. The predicted molar refractivity (Wildman–Crippen MR) is 112 cm³/mol. The van der Waals surface area contributed by atoms with E-state index in [4.69, 9.17) is 4.74 Å². The fourth-order valence-electron chi connectivity index (χ4n) is 4.61. The van der Waals surface area contributed by atoms with Crippen molar-refractivity contribution in [3.05, 3.63) is 41.2 Å². The van der Waals surface area contributed by atoms with E-state index in [0.717, 1.165) is 11.9 Å². The van der Waals surface area contributed by atoms with Crippen molar-refractivity contribution >= 4 is 27.6 Å². The van der Waals surface area contributed by atoms with E-state index in [9.17, 15) is 22.4 Å². The molecule has 1 amide bonds. The summed E-state index contributed by atoms with van der Waals surface area (Å²) < 4.78 is 43.9. The molecule has 3 aliphatic heterocycles. The number of carbonyl (C=O) groups excluding carboxylic acids is 2. The number of anilines is 1. The van der Waals surface area contributed by atoms with Crippen molar-refractivity contribution in [2.75, 3.05) is 50.4 Å². The lowest BCUT2D eigenvalue weighted by Gasteiger charge is -2.41. The molecule has 1 spiro atoms. The summed E-state index contributed by atoms with van der Waals surface area (Å²) in [6.07, 6.45) is 1.68. The highest BCUT2D eigenvalue weighted by Gasteiger charge is 2.52. The Bertz CT molecular complexity index is 1020. The van der Waals surface area contributed by atoms with Crippen LogP contribution in [0.5, 0.6) is 0 Å². The number of hydrogen-bond acceptors (Lipinski definition) is 6. The second-order valence-corrected chi connectivity index (χ2v) is 10.3. The third-order valence-electron chi connectivity index (χ3n) is 6.40. The van der Waals surface area contributed by atoms with Gasteiger partial charge < -0.3 is 14.5 Å². The Morgan fingerprint density at radius 2 is 1.61 bits per heavy atom. The first-order valence-corrected chi connectivity index (χ1v) is 12.2. The molecule has 168 valence electrons. The van der Waals surface area contributed by atoms with Gasteiger partial charge in [0.2, 0.25) is 10.0 Å². The molecule has 2 fully saturated rings. The summed E-state index contributed by atoms with van der Waals surface area (Å²) in [6, 6.07) is 6.26. The number of esters is 1. The monoisotopic (exact) mass is 451 g/mol. The zero-order valence-electron chi connectivity index (χ0n) is 17.6. The zero-order valence-corrected chi connectivity index (χ0v) is 18.5. The average Bonchev–Trinajstić information content (AvgIpc) is 2.97. The van der Waals surface area contributed by atoms with Crippen molar-refractivity contribution in [3.63, 3.8) is 0 Å². The van der Waals surface area contributed by atoms with E-state index in [0.29, 0.717) is 37.3 Å². The number of sulfonamides is 1. The van der Waals surface area contributed by atoms with E-state index in [1.165, 1.54) is 16.4 Å². The van der Waals surface area contributed by atoms with Crippen LogP contribution in [0.3, 0.4) is 0 Å². The molecule has 10 heteroatoms. The lowest BCUT2D eigenvalue weighted by molar-refractivity contribution is -0.150. The Hall–Kier alpha value is -2.46. The number of ether oxygens (including phenoxy) is 1. The van der Waals surface area contributed by atoms with E-state index < -0.39 is 21.6 Å². The van der Waals surface area contributed by atoms with Crippen LogP contribution in [0.15, 0.2) is 35.4 Å².